The van der Waals surface area contributed by atoms with Crippen LogP contribution in [0.25, 0.3) is 0 Å². The quantitative estimate of drug-likeness (QED) is 0.712. The molecule has 1 aromatic carbocycles. The highest BCUT2D eigenvalue weighted by molar-refractivity contribution is 5.85. The van der Waals surface area contributed by atoms with Gasteiger partial charge >= 0.3 is 0 Å². The van der Waals surface area contributed by atoms with E-state index in [0.29, 0.717) is 32.0 Å². The summed E-state index contributed by atoms with van der Waals surface area (Å²) in [7, 11) is 0. The maximum absolute atomic E-state index is 12.9. The molecular weight excluding hydrogens is 360 g/mol. The van der Waals surface area contributed by atoms with E-state index in [2.05, 4.69) is 38.0 Å². The van der Waals surface area contributed by atoms with Crippen LogP contribution in [-0.2, 0) is 24.2 Å². The molecule has 1 aromatic heterocycles. The Labute approximate surface area is 169 Å². The monoisotopic (exact) mass is 392 g/mol. The van der Waals surface area contributed by atoms with Gasteiger partial charge in [0.05, 0.1) is 12.1 Å². The van der Waals surface area contributed by atoms with Crippen LogP contribution in [0.15, 0.2) is 30.3 Å². The predicted molar refractivity (Wildman–Crippen MR) is 113 cm³/mol. The Morgan fingerprint density at radius 1 is 1.19 bits per heavy atom. The zero-order chi connectivity index (χ0) is 19.1. The van der Waals surface area contributed by atoms with E-state index in [0.717, 1.165) is 29.9 Å². The number of aromatic nitrogens is 2. The van der Waals surface area contributed by atoms with Crippen LogP contribution in [0.4, 0.5) is 0 Å². The molecule has 150 valence electrons. The lowest BCUT2D eigenvalue weighted by Crippen LogP contribution is -2.38. The van der Waals surface area contributed by atoms with Crippen LogP contribution in [0.5, 0.6) is 0 Å². The Hall–Kier alpha value is -1.85. The molecule has 5 nitrogen and oxygen atoms in total. The maximum atomic E-state index is 12.9. The predicted octanol–water partition coefficient (Wildman–Crippen LogP) is 3.15. The van der Waals surface area contributed by atoms with Gasteiger partial charge in [0.1, 0.15) is 0 Å². The maximum Gasteiger partial charge on any atom is 0.227 e. The van der Waals surface area contributed by atoms with Gasteiger partial charge < -0.3 is 10.6 Å². The number of halogens is 1. The number of nitrogens with two attached hydrogens (primary N) is 1. The van der Waals surface area contributed by atoms with Crippen LogP contribution in [0, 0.1) is 19.8 Å². The highest BCUT2D eigenvalue weighted by Crippen LogP contribution is 2.16. The largest absolute Gasteiger partial charge is 0.341 e. The van der Waals surface area contributed by atoms with Gasteiger partial charge in [-0.1, -0.05) is 44.2 Å². The van der Waals surface area contributed by atoms with Gasteiger partial charge in [0, 0.05) is 37.4 Å². The number of benzene rings is 1. The smallest absolute Gasteiger partial charge is 0.227 e. The Morgan fingerprint density at radius 3 is 2.44 bits per heavy atom. The minimum Gasteiger partial charge on any atom is -0.341 e. The van der Waals surface area contributed by atoms with Crippen LogP contribution in [0.2, 0.25) is 0 Å². The molecule has 0 saturated carbocycles. The van der Waals surface area contributed by atoms with E-state index < -0.39 is 0 Å². The molecule has 0 spiro atoms. The van der Waals surface area contributed by atoms with Crippen molar-refractivity contribution >= 4 is 18.3 Å². The van der Waals surface area contributed by atoms with Gasteiger partial charge in [0.15, 0.2) is 0 Å². The third kappa shape index (κ3) is 6.67. The Balaban J connectivity index is 0.00000364. The topological polar surface area (TPSA) is 64.2 Å². The van der Waals surface area contributed by atoms with Crippen molar-refractivity contribution in [3.05, 3.63) is 52.8 Å². The fourth-order valence-corrected chi connectivity index (χ4v) is 3.20. The van der Waals surface area contributed by atoms with E-state index in [1.807, 2.05) is 34.7 Å². The number of nitrogens with zero attached hydrogens (tertiary/aromatic N) is 3. The van der Waals surface area contributed by atoms with Crippen molar-refractivity contribution in [1.29, 1.82) is 0 Å². The van der Waals surface area contributed by atoms with E-state index in [1.165, 1.54) is 5.56 Å². The van der Waals surface area contributed by atoms with E-state index in [-0.39, 0.29) is 18.3 Å². The first-order valence-corrected chi connectivity index (χ1v) is 9.47. The second-order valence-electron chi connectivity index (χ2n) is 7.31. The number of aryl methyl sites for hydroxylation is 1. The number of rotatable bonds is 9. The van der Waals surface area contributed by atoms with Crippen LogP contribution in [-0.4, -0.2) is 40.2 Å². The third-order valence-corrected chi connectivity index (χ3v) is 4.66. The highest BCUT2D eigenvalue weighted by atomic mass is 35.5. The summed E-state index contributed by atoms with van der Waals surface area (Å²) < 4.78 is 2.03. The summed E-state index contributed by atoms with van der Waals surface area (Å²) in [5.74, 6) is 0.651. The van der Waals surface area contributed by atoms with E-state index in [9.17, 15) is 4.79 Å². The second-order valence-corrected chi connectivity index (χ2v) is 7.31. The number of carbonyl (C=O) groups is 1. The van der Waals surface area contributed by atoms with Crippen LogP contribution < -0.4 is 5.73 Å². The van der Waals surface area contributed by atoms with Crippen molar-refractivity contribution in [2.45, 2.75) is 47.1 Å². The first-order valence-electron chi connectivity index (χ1n) is 9.47. The molecule has 0 unspecified atom stereocenters. The van der Waals surface area contributed by atoms with Crippen LogP contribution in [0.3, 0.4) is 0 Å². The zero-order valence-electron chi connectivity index (χ0n) is 16.9. The van der Waals surface area contributed by atoms with Gasteiger partial charge in [-0.2, -0.15) is 5.10 Å². The number of hydrogen-bond donors (Lipinski definition) is 1. The molecule has 6 heteroatoms. The van der Waals surface area contributed by atoms with Crippen LogP contribution >= 0.6 is 12.4 Å². The molecule has 1 heterocycles. The molecule has 2 aromatic rings. The third-order valence-electron chi connectivity index (χ3n) is 4.66. The Morgan fingerprint density at radius 2 is 1.85 bits per heavy atom. The average Bonchev–Trinajstić information content (AvgIpc) is 2.86. The lowest BCUT2D eigenvalue weighted by molar-refractivity contribution is -0.130. The average molecular weight is 393 g/mol. The van der Waals surface area contributed by atoms with Gasteiger partial charge in [-0.05, 0) is 31.7 Å². The zero-order valence-corrected chi connectivity index (χ0v) is 17.8. The van der Waals surface area contributed by atoms with Gasteiger partial charge in [-0.15, -0.1) is 12.4 Å². The lowest BCUT2D eigenvalue weighted by atomic mass is 10.1. The molecule has 27 heavy (non-hydrogen) atoms. The molecule has 0 atom stereocenters. The number of hydrogen-bond acceptors (Lipinski definition) is 3. The summed E-state index contributed by atoms with van der Waals surface area (Å²) in [6, 6.07) is 10.2. The first kappa shape index (κ1) is 23.2. The summed E-state index contributed by atoms with van der Waals surface area (Å²) in [5.41, 5.74) is 10.1. The van der Waals surface area contributed by atoms with Gasteiger partial charge in [-0.25, -0.2) is 0 Å². The normalized spacial score (nSPS) is 10.7. The SMILES string of the molecule is Cc1nn(CC(C)C)c(C)c1CC(=O)N(CCN)CCc1ccccc1.Cl. The molecule has 0 aliphatic carbocycles. The summed E-state index contributed by atoms with van der Waals surface area (Å²) in [4.78, 5) is 14.8. The first-order chi connectivity index (χ1) is 12.4. The Bertz CT molecular complexity index is 712. The lowest BCUT2D eigenvalue weighted by Gasteiger charge is -2.22. The highest BCUT2D eigenvalue weighted by Gasteiger charge is 2.19. The van der Waals surface area contributed by atoms with Crippen molar-refractivity contribution in [3.63, 3.8) is 0 Å². The molecule has 1 amide bonds. The molecule has 0 aliphatic rings. The van der Waals surface area contributed by atoms with E-state index in [4.69, 9.17) is 5.73 Å². The molecule has 0 radical (unpaired) electrons. The van der Waals surface area contributed by atoms with E-state index in [1.54, 1.807) is 0 Å². The summed E-state index contributed by atoms with van der Waals surface area (Å²) in [6.45, 7) is 11.0. The summed E-state index contributed by atoms with van der Waals surface area (Å²) >= 11 is 0. The van der Waals surface area contributed by atoms with Crippen LogP contribution in [0.1, 0.15) is 36.4 Å². The van der Waals surface area contributed by atoms with Crippen molar-refractivity contribution in [2.24, 2.45) is 11.7 Å². The van der Waals surface area contributed by atoms with Crippen molar-refractivity contribution in [2.75, 3.05) is 19.6 Å². The molecular formula is C21H33ClN4O. The minimum absolute atomic E-state index is 0. The molecule has 0 fully saturated rings. The van der Waals surface area contributed by atoms with E-state index >= 15 is 0 Å². The fraction of sp³-hybridized carbons (Fsp3) is 0.524. The number of carbonyl (C=O) groups excluding carboxylic acids is 1. The van der Waals surface area contributed by atoms with Gasteiger partial charge in [0.25, 0.3) is 0 Å². The minimum atomic E-state index is 0. The van der Waals surface area contributed by atoms with Gasteiger partial charge in [-0.3, -0.25) is 9.48 Å². The van der Waals surface area contributed by atoms with Crippen molar-refractivity contribution in [1.82, 2.24) is 14.7 Å². The Kier molecular flexibility index (Phi) is 9.53. The molecule has 0 bridgehead atoms. The summed E-state index contributed by atoms with van der Waals surface area (Å²) in [5, 5.41) is 4.62. The molecule has 0 saturated heterocycles. The standard InChI is InChI=1S/C21H32N4O.ClH/c1-16(2)15-25-18(4)20(17(3)23-25)14-21(26)24(13-11-22)12-10-19-8-6-5-7-9-19;/h5-9,16H,10-15,22H2,1-4H3;1H. The van der Waals surface area contributed by atoms with Crippen molar-refractivity contribution < 1.29 is 4.79 Å². The molecule has 0 aliphatic heterocycles. The fourth-order valence-electron chi connectivity index (χ4n) is 3.20. The number of amides is 1. The van der Waals surface area contributed by atoms with Gasteiger partial charge in [0.2, 0.25) is 5.91 Å². The summed E-state index contributed by atoms with van der Waals surface area (Å²) in [6.07, 6.45) is 1.24. The molecule has 2 N–H and O–H groups in total. The molecule has 2 rings (SSSR count). The second kappa shape index (κ2) is 11.1. The van der Waals surface area contributed by atoms with Crippen molar-refractivity contribution in [3.8, 4) is 0 Å².